The number of piperidine rings is 1. The zero-order valence-electron chi connectivity index (χ0n) is 21.4. The van der Waals surface area contributed by atoms with E-state index in [1.807, 2.05) is 42.2 Å². The van der Waals surface area contributed by atoms with Crippen LogP contribution in [-0.4, -0.2) is 55.2 Å². The van der Waals surface area contributed by atoms with Crippen molar-refractivity contribution in [3.63, 3.8) is 0 Å². The Labute approximate surface area is 213 Å². The van der Waals surface area contributed by atoms with Gasteiger partial charge in [0.25, 0.3) is 5.91 Å². The lowest BCUT2D eigenvalue weighted by molar-refractivity contribution is -0.176. The van der Waals surface area contributed by atoms with E-state index in [0.717, 1.165) is 36.3 Å². The van der Waals surface area contributed by atoms with Crippen LogP contribution in [0.5, 0.6) is 11.5 Å². The SMILES string of the molecule is CCOc1cccc2c1OC(C)(C)[C@H]1CC3(CCN(C(=O)CNC(=O)c4ccccc4)CC3)CO[C@H]21. The summed E-state index contributed by atoms with van der Waals surface area (Å²) in [6.07, 6.45) is 2.74. The fourth-order valence-electron chi connectivity index (χ4n) is 5.94. The van der Waals surface area contributed by atoms with Crippen LogP contribution >= 0.6 is 0 Å². The lowest BCUT2D eigenvalue weighted by Gasteiger charge is -2.54. The number of nitrogens with one attached hydrogen (secondary N) is 1. The summed E-state index contributed by atoms with van der Waals surface area (Å²) in [4.78, 5) is 27.0. The number of hydrogen-bond acceptors (Lipinski definition) is 5. The number of carbonyl (C=O) groups is 2. The van der Waals surface area contributed by atoms with Crippen LogP contribution in [0.1, 0.15) is 62.1 Å². The van der Waals surface area contributed by atoms with Crippen LogP contribution in [0.4, 0.5) is 0 Å². The molecule has 2 saturated heterocycles. The summed E-state index contributed by atoms with van der Waals surface area (Å²) in [5.74, 6) is 1.53. The van der Waals surface area contributed by atoms with Gasteiger partial charge in [-0.2, -0.15) is 0 Å². The monoisotopic (exact) mass is 492 g/mol. The predicted octanol–water partition coefficient (Wildman–Crippen LogP) is 4.37. The van der Waals surface area contributed by atoms with Crippen molar-refractivity contribution >= 4 is 11.8 Å². The summed E-state index contributed by atoms with van der Waals surface area (Å²) in [7, 11) is 0. The Kier molecular flexibility index (Phi) is 6.68. The molecule has 2 fully saturated rings. The van der Waals surface area contributed by atoms with E-state index in [-0.39, 0.29) is 35.8 Å². The topological polar surface area (TPSA) is 77.1 Å². The molecule has 2 amide bonds. The van der Waals surface area contributed by atoms with Gasteiger partial charge in [-0.1, -0.05) is 30.3 Å². The summed E-state index contributed by atoms with van der Waals surface area (Å²) in [5.41, 5.74) is 1.26. The molecule has 3 aliphatic heterocycles. The third-order valence-electron chi connectivity index (χ3n) is 8.07. The first-order chi connectivity index (χ1) is 17.3. The summed E-state index contributed by atoms with van der Waals surface area (Å²) in [6.45, 7) is 8.89. The average molecular weight is 493 g/mol. The molecule has 0 saturated carbocycles. The summed E-state index contributed by atoms with van der Waals surface area (Å²) >= 11 is 0. The van der Waals surface area contributed by atoms with Gasteiger partial charge in [0, 0.05) is 30.1 Å². The third kappa shape index (κ3) is 4.69. The maximum absolute atomic E-state index is 12.8. The normalized spacial score (nSPS) is 23.7. The Morgan fingerprint density at radius 2 is 1.83 bits per heavy atom. The van der Waals surface area contributed by atoms with Crippen molar-refractivity contribution in [2.24, 2.45) is 11.3 Å². The van der Waals surface area contributed by atoms with Crippen molar-refractivity contribution < 1.29 is 23.8 Å². The summed E-state index contributed by atoms with van der Waals surface area (Å²) < 4.78 is 19.0. The van der Waals surface area contributed by atoms with Crippen molar-refractivity contribution in [1.29, 1.82) is 0 Å². The highest BCUT2D eigenvalue weighted by Crippen LogP contribution is 2.57. The van der Waals surface area contributed by atoms with Gasteiger partial charge >= 0.3 is 0 Å². The van der Waals surface area contributed by atoms with Crippen LogP contribution in [0.15, 0.2) is 48.5 Å². The molecule has 5 rings (SSSR count). The summed E-state index contributed by atoms with van der Waals surface area (Å²) in [6, 6.07) is 15.0. The van der Waals surface area contributed by atoms with Crippen LogP contribution in [0.25, 0.3) is 0 Å². The van der Waals surface area contributed by atoms with Gasteiger partial charge in [-0.05, 0) is 63.6 Å². The second kappa shape index (κ2) is 9.77. The maximum atomic E-state index is 12.8. The van der Waals surface area contributed by atoms with Crippen LogP contribution < -0.4 is 14.8 Å². The Bertz CT molecular complexity index is 1110. The van der Waals surface area contributed by atoms with Crippen molar-refractivity contribution in [3.05, 3.63) is 59.7 Å². The van der Waals surface area contributed by atoms with E-state index in [1.54, 1.807) is 12.1 Å². The number of nitrogens with zero attached hydrogens (tertiary/aromatic N) is 1. The molecule has 1 N–H and O–H groups in total. The molecule has 3 aliphatic rings. The standard InChI is InChI=1S/C29H36N2O5/c1-4-34-23-12-8-11-21-25-22(28(2,3)36-26(21)23)17-29(19-35-25)13-15-31(16-14-29)24(32)18-30-27(33)20-9-6-5-7-10-20/h5-12,22,25H,4,13-19H2,1-3H3,(H,30,33)/t22-,25+/m0/s1. The molecular weight excluding hydrogens is 456 g/mol. The van der Waals surface area contributed by atoms with Gasteiger partial charge in [0.05, 0.1) is 25.9 Å². The van der Waals surface area contributed by atoms with Crippen molar-refractivity contribution in [1.82, 2.24) is 10.2 Å². The molecule has 0 unspecified atom stereocenters. The number of fused-ring (bicyclic) bond motifs is 3. The third-order valence-corrected chi connectivity index (χ3v) is 8.07. The lowest BCUT2D eigenvalue weighted by atomic mass is 9.64. The second-order valence-corrected chi connectivity index (χ2v) is 10.8. The van der Waals surface area contributed by atoms with Crippen molar-refractivity contribution in [2.75, 3.05) is 32.8 Å². The Morgan fingerprint density at radius 3 is 2.56 bits per heavy atom. The van der Waals surface area contributed by atoms with E-state index in [9.17, 15) is 9.59 Å². The van der Waals surface area contributed by atoms with Crippen LogP contribution in [0, 0.1) is 11.3 Å². The zero-order valence-corrected chi connectivity index (χ0v) is 21.4. The summed E-state index contributed by atoms with van der Waals surface area (Å²) in [5, 5.41) is 2.76. The smallest absolute Gasteiger partial charge is 0.251 e. The molecule has 0 aromatic heterocycles. The van der Waals surface area contributed by atoms with Gasteiger partial charge in [0.1, 0.15) is 5.60 Å². The first-order valence-corrected chi connectivity index (χ1v) is 13.0. The minimum atomic E-state index is -0.396. The highest BCUT2D eigenvalue weighted by atomic mass is 16.5. The fraction of sp³-hybridized carbons (Fsp3) is 0.517. The number of likely N-dealkylation sites (tertiary alicyclic amines) is 1. The minimum Gasteiger partial charge on any atom is -0.490 e. The molecule has 2 aromatic carbocycles. The van der Waals surface area contributed by atoms with E-state index in [1.165, 1.54) is 0 Å². The number of ether oxygens (including phenoxy) is 3. The van der Waals surface area contributed by atoms with E-state index >= 15 is 0 Å². The first-order valence-electron chi connectivity index (χ1n) is 13.0. The van der Waals surface area contributed by atoms with Crippen LogP contribution in [0.3, 0.4) is 0 Å². The molecule has 0 bridgehead atoms. The average Bonchev–Trinajstić information content (AvgIpc) is 2.89. The second-order valence-electron chi connectivity index (χ2n) is 10.8. The molecule has 36 heavy (non-hydrogen) atoms. The Hall–Kier alpha value is -3.06. The number of rotatable bonds is 5. The molecule has 1 spiro atoms. The van der Waals surface area contributed by atoms with Crippen molar-refractivity contribution in [3.8, 4) is 11.5 Å². The van der Waals surface area contributed by atoms with Gasteiger partial charge < -0.3 is 24.4 Å². The molecule has 2 aromatic rings. The van der Waals surface area contributed by atoms with E-state index in [0.29, 0.717) is 31.9 Å². The number of amides is 2. The van der Waals surface area contributed by atoms with E-state index in [2.05, 4.69) is 25.2 Å². The number of carbonyl (C=O) groups excluding carboxylic acids is 2. The Balaban J connectivity index is 1.21. The van der Waals surface area contributed by atoms with Crippen molar-refractivity contribution in [2.45, 2.75) is 51.7 Å². The number of para-hydroxylation sites is 1. The van der Waals surface area contributed by atoms with Gasteiger partial charge in [0.15, 0.2) is 11.5 Å². The van der Waals surface area contributed by atoms with Gasteiger partial charge in [-0.3, -0.25) is 9.59 Å². The highest BCUT2D eigenvalue weighted by molar-refractivity contribution is 5.96. The fourth-order valence-corrected chi connectivity index (χ4v) is 5.94. The zero-order chi connectivity index (χ0) is 25.3. The van der Waals surface area contributed by atoms with Gasteiger partial charge in [-0.25, -0.2) is 0 Å². The minimum absolute atomic E-state index is 0.0156. The molecule has 0 aliphatic carbocycles. The van der Waals surface area contributed by atoms with Crippen LogP contribution in [0.2, 0.25) is 0 Å². The number of hydrogen-bond donors (Lipinski definition) is 1. The van der Waals surface area contributed by atoms with Crippen LogP contribution in [-0.2, 0) is 9.53 Å². The molecular formula is C29H36N2O5. The largest absolute Gasteiger partial charge is 0.490 e. The van der Waals surface area contributed by atoms with E-state index < -0.39 is 5.60 Å². The first kappa shape index (κ1) is 24.6. The molecule has 7 nitrogen and oxygen atoms in total. The lowest BCUT2D eigenvalue weighted by Crippen LogP contribution is -2.55. The Morgan fingerprint density at radius 1 is 1.08 bits per heavy atom. The quantitative estimate of drug-likeness (QED) is 0.671. The molecule has 7 heteroatoms. The molecule has 3 heterocycles. The molecule has 192 valence electrons. The van der Waals surface area contributed by atoms with Gasteiger partial charge in [0.2, 0.25) is 5.91 Å². The maximum Gasteiger partial charge on any atom is 0.251 e. The molecule has 2 atom stereocenters. The van der Waals surface area contributed by atoms with E-state index in [4.69, 9.17) is 14.2 Å². The highest BCUT2D eigenvalue weighted by Gasteiger charge is 2.53. The number of benzene rings is 2. The predicted molar refractivity (Wildman–Crippen MR) is 136 cm³/mol. The van der Waals surface area contributed by atoms with Gasteiger partial charge in [-0.15, -0.1) is 0 Å². The molecule has 0 radical (unpaired) electrons.